The minimum atomic E-state index is -3.71. The molecule has 0 fully saturated rings. The molecule has 0 radical (unpaired) electrons. The fourth-order valence-corrected chi connectivity index (χ4v) is 3.70. The Balaban J connectivity index is 1.81. The maximum absolute atomic E-state index is 12.5. The first-order valence-corrected chi connectivity index (χ1v) is 10.7. The Morgan fingerprint density at radius 1 is 1.04 bits per heavy atom. The van der Waals surface area contributed by atoms with Gasteiger partial charge in [0.2, 0.25) is 15.9 Å². The van der Waals surface area contributed by atoms with E-state index in [0.717, 1.165) is 14.5 Å². The molecule has 1 amide bonds. The van der Waals surface area contributed by atoms with Crippen LogP contribution in [0.5, 0.6) is 5.75 Å². The molecule has 0 saturated carbocycles. The van der Waals surface area contributed by atoms with Crippen LogP contribution in [0.15, 0.2) is 64.0 Å². The Morgan fingerprint density at radius 2 is 1.67 bits per heavy atom. The first-order chi connectivity index (χ1) is 12.8. The van der Waals surface area contributed by atoms with Crippen LogP contribution in [-0.2, 0) is 14.8 Å². The molecule has 6 nitrogen and oxygen atoms in total. The zero-order chi connectivity index (χ0) is 19.9. The molecule has 0 aliphatic rings. The third-order valence-corrected chi connectivity index (χ3v) is 6.30. The van der Waals surface area contributed by atoms with Crippen LogP contribution in [0.2, 0.25) is 0 Å². The smallest absolute Gasteiger partial charge is 0.243 e. The molecule has 2 aromatic rings. The van der Waals surface area contributed by atoms with Gasteiger partial charge >= 0.3 is 0 Å². The minimum Gasteiger partial charge on any atom is -0.494 e. The van der Waals surface area contributed by atoms with Crippen LogP contribution in [0.3, 0.4) is 0 Å². The second kappa shape index (κ2) is 9.87. The average Bonchev–Trinajstić information content (AvgIpc) is 2.66. The van der Waals surface area contributed by atoms with Crippen molar-refractivity contribution in [1.29, 1.82) is 0 Å². The number of rotatable bonds is 9. The highest BCUT2D eigenvalue weighted by Crippen LogP contribution is 2.18. The summed E-state index contributed by atoms with van der Waals surface area (Å²) in [5.41, 5.74) is 0. The summed E-state index contributed by atoms with van der Waals surface area (Å²) in [7, 11) is -0.643. The SMILES string of the molecule is CN(CCCOc1ccccc1)C(=O)CN(C)S(=O)(=O)c1ccc(Br)cc1. The van der Waals surface area contributed by atoms with E-state index in [9.17, 15) is 13.2 Å². The standard InChI is InChI=1S/C19H23BrN2O4S/c1-21(13-6-14-26-17-7-4-3-5-8-17)19(23)15-22(2)27(24,25)18-11-9-16(20)10-12-18/h3-5,7-12H,6,13-15H2,1-2H3. The molecule has 0 aromatic heterocycles. The molecule has 0 bridgehead atoms. The third-order valence-electron chi connectivity index (χ3n) is 3.96. The van der Waals surface area contributed by atoms with E-state index in [2.05, 4.69) is 15.9 Å². The number of benzene rings is 2. The van der Waals surface area contributed by atoms with Crippen LogP contribution >= 0.6 is 15.9 Å². The molecule has 27 heavy (non-hydrogen) atoms. The lowest BCUT2D eigenvalue weighted by Gasteiger charge is -2.22. The maximum Gasteiger partial charge on any atom is 0.243 e. The summed E-state index contributed by atoms with van der Waals surface area (Å²) in [6.45, 7) is 0.751. The third kappa shape index (κ3) is 6.34. The first kappa shape index (κ1) is 21.4. The van der Waals surface area contributed by atoms with Gasteiger partial charge in [0.1, 0.15) is 5.75 Å². The number of amides is 1. The lowest BCUT2D eigenvalue weighted by atomic mass is 10.3. The summed E-state index contributed by atoms with van der Waals surface area (Å²) in [4.78, 5) is 14.0. The fourth-order valence-electron chi connectivity index (χ4n) is 2.32. The summed E-state index contributed by atoms with van der Waals surface area (Å²) in [5.74, 6) is 0.518. The average molecular weight is 455 g/mol. The van der Waals surface area contributed by atoms with Crippen molar-refractivity contribution in [2.75, 3.05) is 33.8 Å². The Labute approximate surface area is 168 Å². The lowest BCUT2D eigenvalue weighted by Crippen LogP contribution is -2.39. The molecular formula is C19H23BrN2O4S. The largest absolute Gasteiger partial charge is 0.494 e. The van der Waals surface area contributed by atoms with Gasteiger partial charge in [-0.2, -0.15) is 4.31 Å². The van der Waals surface area contributed by atoms with Gasteiger partial charge in [0.05, 0.1) is 18.0 Å². The number of carbonyl (C=O) groups is 1. The zero-order valence-corrected chi connectivity index (χ0v) is 17.7. The van der Waals surface area contributed by atoms with E-state index in [0.29, 0.717) is 19.6 Å². The molecule has 8 heteroatoms. The summed E-state index contributed by atoms with van der Waals surface area (Å²) in [6, 6.07) is 15.8. The lowest BCUT2D eigenvalue weighted by molar-refractivity contribution is -0.130. The fraction of sp³-hybridized carbons (Fsp3) is 0.316. The summed E-state index contributed by atoms with van der Waals surface area (Å²) in [5, 5.41) is 0. The van der Waals surface area contributed by atoms with E-state index in [-0.39, 0.29) is 17.3 Å². The van der Waals surface area contributed by atoms with Crippen LogP contribution in [0.1, 0.15) is 6.42 Å². The summed E-state index contributed by atoms with van der Waals surface area (Å²) < 4.78 is 32.5. The molecule has 0 unspecified atom stereocenters. The van der Waals surface area contributed by atoms with Gasteiger partial charge in [-0.25, -0.2) is 8.42 Å². The van der Waals surface area contributed by atoms with E-state index in [4.69, 9.17) is 4.74 Å². The molecule has 2 rings (SSSR count). The number of ether oxygens (including phenoxy) is 1. The molecule has 0 aliphatic heterocycles. The predicted octanol–water partition coefficient (Wildman–Crippen LogP) is 3.00. The van der Waals surface area contributed by atoms with Crippen molar-refractivity contribution in [3.63, 3.8) is 0 Å². The van der Waals surface area contributed by atoms with Gasteiger partial charge < -0.3 is 9.64 Å². The van der Waals surface area contributed by atoms with Crippen molar-refractivity contribution in [2.24, 2.45) is 0 Å². The van der Waals surface area contributed by atoms with Crippen molar-refractivity contribution < 1.29 is 17.9 Å². The second-order valence-corrected chi connectivity index (χ2v) is 9.01. The normalized spacial score (nSPS) is 11.4. The van der Waals surface area contributed by atoms with Crippen molar-refractivity contribution >= 4 is 31.9 Å². The van der Waals surface area contributed by atoms with Crippen LogP contribution in [0.25, 0.3) is 0 Å². The first-order valence-electron chi connectivity index (χ1n) is 8.44. The number of nitrogens with zero attached hydrogens (tertiary/aromatic N) is 2. The molecular weight excluding hydrogens is 432 g/mol. The topological polar surface area (TPSA) is 66.9 Å². The Morgan fingerprint density at radius 3 is 2.30 bits per heavy atom. The molecule has 0 aliphatic carbocycles. The van der Waals surface area contributed by atoms with Crippen molar-refractivity contribution in [3.05, 3.63) is 59.1 Å². The Kier molecular flexibility index (Phi) is 7.82. The number of likely N-dealkylation sites (N-methyl/N-ethyl adjacent to an activating group) is 2. The van der Waals surface area contributed by atoms with Crippen molar-refractivity contribution in [3.8, 4) is 5.75 Å². The second-order valence-electron chi connectivity index (χ2n) is 6.05. The van der Waals surface area contributed by atoms with Crippen LogP contribution < -0.4 is 4.74 Å². The van der Waals surface area contributed by atoms with E-state index in [1.54, 1.807) is 19.2 Å². The van der Waals surface area contributed by atoms with E-state index in [1.807, 2.05) is 30.3 Å². The highest BCUT2D eigenvalue weighted by Gasteiger charge is 2.24. The number of hydrogen-bond acceptors (Lipinski definition) is 4. The van der Waals surface area contributed by atoms with Gasteiger partial charge in [-0.05, 0) is 42.8 Å². The highest BCUT2D eigenvalue weighted by molar-refractivity contribution is 9.10. The highest BCUT2D eigenvalue weighted by atomic mass is 79.9. The molecule has 2 aromatic carbocycles. The van der Waals surface area contributed by atoms with Crippen molar-refractivity contribution in [2.45, 2.75) is 11.3 Å². The Bertz CT molecular complexity index is 842. The molecule has 0 saturated heterocycles. The van der Waals surface area contributed by atoms with Crippen LogP contribution in [-0.4, -0.2) is 57.3 Å². The zero-order valence-electron chi connectivity index (χ0n) is 15.3. The predicted molar refractivity (Wildman–Crippen MR) is 108 cm³/mol. The quantitative estimate of drug-likeness (QED) is 0.546. The monoisotopic (exact) mass is 454 g/mol. The van der Waals surface area contributed by atoms with Crippen LogP contribution in [0, 0.1) is 0 Å². The molecule has 0 spiro atoms. The number of para-hydroxylation sites is 1. The summed E-state index contributed by atoms with van der Waals surface area (Å²) >= 11 is 3.27. The van der Waals surface area contributed by atoms with Gasteiger partial charge in [0, 0.05) is 25.1 Å². The number of sulfonamides is 1. The Hall–Kier alpha value is -1.90. The summed E-state index contributed by atoms with van der Waals surface area (Å²) in [6.07, 6.45) is 0.653. The maximum atomic E-state index is 12.5. The van der Waals surface area contributed by atoms with Crippen LogP contribution in [0.4, 0.5) is 0 Å². The van der Waals surface area contributed by atoms with Gasteiger partial charge in [0.25, 0.3) is 0 Å². The van der Waals surface area contributed by atoms with Gasteiger partial charge in [-0.3, -0.25) is 4.79 Å². The minimum absolute atomic E-state index is 0.153. The number of carbonyl (C=O) groups excluding carboxylic acids is 1. The number of hydrogen-bond donors (Lipinski definition) is 0. The van der Waals surface area contributed by atoms with Gasteiger partial charge in [0.15, 0.2) is 0 Å². The van der Waals surface area contributed by atoms with E-state index < -0.39 is 10.0 Å². The van der Waals surface area contributed by atoms with Gasteiger partial charge in [-0.15, -0.1) is 0 Å². The van der Waals surface area contributed by atoms with E-state index in [1.165, 1.54) is 24.1 Å². The molecule has 0 N–H and O–H groups in total. The molecule has 0 atom stereocenters. The van der Waals surface area contributed by atoms with Crippen molar-refractivity contribution in [1.82, 2.24) is 9.21 Å². The molecule has 0 heterocycles. The van der Waals surface area contributed by atoms with E-state index >= 15 is 0 Å². The van der Waals surface area contributed by atoms with Gasteiger partial charge in [-0.1, -0.05) is 34.1 Å². The number of halogens is 1. The molecule has 146 valence electrons.